The van der Waals surface area contributed by atoms with Crippen molar-refractivity contribution < 1.29 is 9.18 Å². The molecule has 26 heavy (non-hydrogen) atoms. The molecule has 4 aromatic rings. The van der Waals surface area contributed by atoms with Gasteiger partial charge in [-0.25, -0.2) is 9.37 Å². The fourth-order valence-corrected chi connectivity index (χ4v) is 3.68. The van der Waals surface area contributed by atoms with Crippen LogP contribution >= 0.6 is 11.3 Å². The first-order valence-electron chi connectivity index (χ1n) is 7.97. The Morgan fingerprint density at radius 1 is 1.27 bits per heavy atom. The van der Waals surface area contributed by atoms with Gasteiger partial charge < -0.3 is 5.32 Å². The minimum Gasteiger partial charge on any atom is -0.347 e. The lowest BCUT2D eigenvalue weighted by Crippen LogP contribution is -2.21. The van der Waals surface area contributed by atoms with E-state index in [1.54, 1.807) is 30.5 Å². The number of fused-ring (bicyclic) bond motifs is 2. The molecular formula is C19H14FN3O2S. The third-order valence-electron chi connectivity index (χ3n) is 4.12. The Morgan fingerprint density at radius 2 is 2.04 bits per heavy atom. The molecule has 0 spiro atoms. The van der Waals surface area contributed by atoms with Crippen LogP contribution in [0.2, 0.25) is 0 Å². The van der Waals surface area contributed by atoms with Crippen molar-refractivity contribution in [3.05, 3.63) is 80.8 Å². The normalized spacial score (nSPS) is 11.2. The standard InChI is InChI=1S/C19H14FN3O2S/c1-11-3-2-8-23-16(11)22-18-14(19(23)25)9-15(26-18)17(24)21-10-12-4-6-13(20)7-5-12/h2-9H,10H2,1H3,(H,21,24). The third kappa shape index (κ3) is 2.86. The maximum atomic E-state index is 12.9. The number of carbonyl (C=O) groups excluding carboxylic acids is 1. The molecule has 0 aliphatic rings. The van der Waals surface area contributed by atoms with Crippen LogP contribution in [0.5, 0.6) is 0 Å². The highest BCUT2D eigenvalue weighted by molar-refractivity contribution is 7.20. The summed E-state index contributed by atoms with van der Waals surface area (Å²) < 4.78 is 14.4. The van der Waals surface area contributed by atoms with E-state index in [4.69, 9.17) is 0 Å². The summed E-state index contributed by atoms with van der Waals surface area (Å²) in [4.78, 5) is 30.5. The van der Waals surface area contributed by atoms with Crippen LogP contribution in [0, 0.1) is 12.7 Å². The van der Waals surface area contributed by atoms with E-state index in [1.807, 2.05) is 13.0 Å². The SMILES string of the molecule is Cc1cccn2c(=O)c3cc(C(=O)NCc4ccc(F)cc4)sc3nc12. The maximum Gasteiger partial charge on any atom is 0.266 e. The van der Waals surface area contributed by atoms with E-state index >= 15 is 0 Å². The molecule has 4 rings (SSSR count). The van der Waals surface area contributed by atoms with E-state index in [0.717, 1.165) is 11.1 Å². The Labute approximate surface area is 151 Å². The molecule has 0 saturated heterocycles. The van der Waals surface area contributed by atoms with Gasteiger partial charge in [0.15, 0.2) is 0 Å². The van der Waals surface area contributed by atoms with Crippen LogP contribution in [0.1, 0.15) is 20.8 Å². The lowest BCUT2D eigenvalue weighted by Gasteiger charge is -2.03. The number of nitrogens with zero attached hydrogens (tertiary/aromatic N) is 2. The Hall–Kier alpha value is -3.06. The van der Waals surface area contributed by atoms with E-state index in [2.05, 4.69) is 10.3 Å². The van der Waals surface area contributed by atoms with Crippen LogP contribution in [-0.4, -0.2) is 15.3 Å². The number of halogens is 1. The number of rotatable bonds is 3. The number of carbonyl (C=O) groups is 1. The lowest BCUT2D eigenvalue weighted by molar-refractivity contribution is 0.0955. The topological polar surface area (TPSA) is 63.5 Å². The van der Waals surface area contributed by atoms with Gasteiger partial charge in [-0.1, -0.05) is 18.2 Å². The average molecular weight is 367 g/mol. The Balaban J connectivity index is 1.66. The number of nitrogens with one attached hydrogen (secondary N) is 1. The van der Waals surface area contributed by atoms with Crippen molar-refractivity contribution in [2.75, 3.05) is 0 Å². The first-order chi connectivity index (χ1) is 12.5. The molecule has 7 heteroatoms. The van der Waals surface area contributed by atoms with Crippen LogP contribution in [-0.2, 0) is 6.54 Å². The molecule has 130 valence electrons. The van der Waals surface area contributed by atoms with Gasteiger partial charge in [0, 0.05) is 12.7 Å². The van der Waals surface area contributed by atoms with Crippen molar-refractivity contribution >= 4 is 33.1 Å². The predicted molar refractivity (Wildman–Crippen MR) is 99.2 cm³/mol. The fraction of sp³-hybridized carbons (Fsp3) is 0.105. The molecule has 0 aliphatic carbocycles. The van der Waals surface area contributed by atoms with Crippen molar-refractivity contribution in [2.24, 2.45) is 0 Å². The van der Waals surface area contributed by atoms with Crippen molar-refractivity contribution in [1.82, 2.24) is 14.7 Å². The molecule has 0 fully saturated rings. The van der Waals surface area contributed by atoms with Gasteiger partial charge in [0.1, 0.15) is 16.3 Å². The zero-order valence-electron chi connectivity index (χ0n) is 13.8. The van der Waals surface area contributed by atoms with Crippen LogP contribution in [0.4, 0.5) is 4.39 Å². The number of hydrogen-bond acceptors (Lipinski definition) is 4. The van der Waals surface area contributed by atoms with Crippen molar-refractivity contribution in [1.29, 1.82) is 0 Å². The summed E-state index contributed by atoms with van der Waals surface area (Å²) in [6, 6.07) is 11.2. The number of aryl methyl sites for hydroxylation is 1. The van der Waals surface area contributed by atoms with Crippen molar-refractivity contribution in [3.8, 4) is 0 Å². The molecule has 0 unspecified atom stereocenters. The van der Waals surface area contributed by atoms with Gasteiger partial charge in [0.05, 0.1) is 10.3 Å². The Bertz CT molecular complexity index is 1200. The molecule has 5 nitrogen and oxygen atoms in total. The predicted octanol–water partition coefficient (Wildman–Crippen LogP) is 3.29. The van der Waals surface area contributed by atoms with Gasteiger partial charge in [0.2, 0.25) is 0 Å². The summed E-state index contributed by atoms with van der Waals surface area (Å²) >= 11 is 1.18. The minimum absolute atomic E-state index is 0.192. The Morgan fingerprint density at radius 3 is 2.81 bits per heavy atom. The molecule has 0 bridgehead atoms. The fourth-order valence-electron chi connectivity index (χ4n) is 2.74. The highest BCUT2D eigenvalue weighted by Crippen LogP contribution is 2.22. The summed E-state index contributed by atoms with van der Waals surface area (Å²) in [6.07, 6.45) is 1.67. The molecule has 0 atom stereocenters. The molecule has 0 saturated carbocycles. The highest BCUT2D eigenvalue weighted by atomic mass is 32.1. The van der Waals surface area contributed by atoms with Crippen molar-refractivity contribution in [2.45, 2.75) is 13.5 Å². The van der Waals surface area contributed by atoms with E-state index in [-0.39, 0.29) is 23.8 Å². The van der Waals surface area contributed by atoms with Crippen molar-refractivity contribution in [3.63, 3.8) is 0 Å². The second-order valence-corrected chi connectivity index (χ2v) is 6.97. The zero-order valence-corrected chi connectivity index (χ0v) is 14.6. The number of pyridine rings is 1. The van der Waals surface area contributed by atoms with E-state index < -0.39 is 0 Å². The quantitative estimate of drug-likeness (QED) is 0.604. The number of aromatic nitrogens is 2. The summed E-state index contributed by atoms with van der Waals surface area (Å²) in [5, 5.41) is 3.20. The summed E-state index contributed by atoms with van der Waals surface area (Å²) in [5.41, 5.74) is 2.08. The zero-order chi connectivity index (χ0) is 18.3. The molecule has 1 aromatic carbocycles. The molecule has 0 radical (unpaired) electrons. The van der Waals surface area contributed by atoms with Crippen LogP contribution in [0.3, 0.4) is 0 Å². The first-order valence-corrected chi connectivity index (χ1v) is 8.79. The van der Waals surface area contributed by atoms with Gasteiger partial charge >= 0.3 is 0 Å². The Kier molecular flexibility index (Phi) is 4.00. The van der Waals surface area contributed by atoms with E-state index in [0.29, 0.717) is 20.7 Å². The summed E-state index contributed by atoms with van der Waals surface area (Å²) in [7, 11) is 0. The largest absolute Gasteiger partial charge is 0.347 e. The lowest BCUT2D eigenvalue weighted by atomic mass is 10.2. The summed E-state index contributed by atoms with van der Waals surface area (Å²) in [6.45, 7) is 2.17. The minimum atomic E-state index is -0.321. The number of thiophene rings is 1. The number of benzene rings is 1. The molecule has 1 N–H and O–H groups in total. The summed E-state index contributed by atoms with van der Waals surface area (Å²) in [5.74, 6) is -0.610. The number of amides is 1. The van der Waals surface area contributed by atoms with Gasteiger partial charge in [-0.2, -0.15) is 0 Å². The third-order valence-corrected chi connectivity index (χ3v) is 5.15. The second kappa shape index (κ2) is 6.34. The smallest absolute Gasteiger partial charge is 0.266 e. The van der Waals surface area contributed by atoms with Crippen LogP contribution in [0.25, 0.3) is 15.9 Å². The van der Waals surface area contributed by atoms with Crippen LogP contribution in [0.15, 0.2) is 53.5 Å². The van der Waals surface area contributed by atoms with Crippen LogP contribution < -0.4 is 10.9 Å². The van der Waals surface area contributed by atoms with Gasteiger partial charge in [-0.3, -0.25) is 14.0 Å². The second-order valence-electron chi connectivity index (χ2n) is 5.94. The molecule has 3 heterocycles. The monoisotopic (exact) mass is 367 g/mol. The van der Waals surface area contributed by atoms with E-state index in [9.17, 15) is 14.0 Å². The highest BCUT2D eigenvalue weighted by Gasteiger charge is 2.15. The van der Waals surface area contributed by atoms with Gasteiger partial charge in [-0.05, 0) is 42.3 Å². The van der Waals surface area contributed by atoms with E-state index in [1.165, 1.54) is 27.9 Å². The first kappa shape index (κ1) is 16.4. The molecule has 0 aliphatic heterocycles. The molecule has 3 aromatic heterocycles. The van der Waals surface area contributed by atoms with Gasteiger partial charge in [0.25, 0.3) is 11.5 Å². The molecule has 1 amide bonds. The average Bonchev–Trinajstić information content (AvgIpc) is 3.07. The molecular weight excluding hydrogens is 353 g/mol. The number of hydrogen-bond donors (Lipinski definition) is 1. The maximum absolute atomic E-state index is 12.9. The van der Waals surface area contributed by atoms with Gasteiger partial charge in [-0.15, -0.1) is 11.3 Å².